The molecule has 2 unspecified atom stereocenters. The Balaban J connectivity index is 3.60. The minimum absolute atomic E-state index is 0.0492. The molecule has 0 aromatic carbocycles. The lowest BCUT2D eigenvalue weighted by Gasteiger charge is -2.20. The van der Waals surface area contributed by atoms with Crippen molar-refractivity contribution in [1.82, 2.24) is 0 Å². The molecule has 2 atom stereocenters. The van der Waals surface area contributed by atoms with Crippen molar-refractivity contribution in [2.24, 2.45) is 5.92 Å². The minimum Gasteiger partial charge on any atom is -0.393 e. The fourth-order valence-corrected chi connectivity index (χ4v) is 1.86. The van der Waals surface area contributed by atoms with Crippen molar-refractivity contribution in [2.45, 2.75) is 71.8 Å². The molecule has 0 amide bonds. The van der Waals surface area contributed by atoms with Gasteiger partial charge in [-0.05, 0) is 18.8 Å². The van der Waals surface area contributed by atoms with Crippen LogP contribution in [0.4, 0.5) is 0 Å². The zero-order chi connectivity index (χ0) is 10.1. The first-order valence-corrected chi connectivity index (χ1v) is 5.94. The van der Waals surface area contributed by atoms with Gasteiger partial charge in [0.25, 0.3) is 0 Å². The van der Waals surface area contributed by atoms with Crippen LogP contribution in [-0.2, 0) is 0 Å². The molecule has 0 rings (SSSR count). The van der Waals surface area contributed by atoms with Crippen molar-refractivity contribution in [2.75, 3.05) is 0 Å². The van der Waals surface area contributed by atoms with E-state index < -0.39 is 0 Å². The summed E-state index contributed by atoms with van der Waals surface area (Å²) in [5.41, 5.74) is 0. The number of rotatable bonds is 8. The Labute approximate surface area is 83.5 Å². The molecule has 1 nitrogen and oxygen atoms in total. The first-order chi connectivity index (χ1) is 6.26. The molecule has 0 aromatic rings. The number of unbranched alkanes of at least 4 members (excludes halogenated alkanes) is 2. The molecule has 0 aromatic heterocycles. The van der Waals surface area contributed by atoms with E-state index in [-0.39, 0.29) is 6.10 Å². The molecule has 0 aliphatic rings. The summed E-state index contributed by atoms with van der Waals surface area (Å²) in [4.78, 5) is 0. The lowest BCUT2D eigenvalue weighted by molar-refractivity contribution is 0.0893. The maximum Gasteiger partial charge on any atom is 0.0568 e. The maximum absolute atomic E-state index is 9.81. The number of aliphatic hydroxyl groups excluding tert-OH is 1. The molecule has 0 aliphatic carbocycles. The van der Waals surface area contributed by atoms with E-state index in [0.29, 0.717) is 5.92 Å². The predicted octanol–water partition coefficient (Wildman–Crippen LogP) is 3.75. The summed E-state index contributed by atoms with van der Waals surface area (Å²) in [5, 5.41) is 9.81. The van der Waals surface area contributed by atoms with Crippen LogP contribution in [0.15, 0.2) is 0 Å². The highest BCUT2D eigenvalue weighted by Gasteiger charge is 2.15. The van der Waals surface area contributed by atoms with Crippen LogP contribution >= 0.6 is 0 Å². The minimum atomic E-state index is -0.0492. The Kier molecular flexibility index (Phi) is 8.53. The van der Waals surface area contributed by atoms with Gasteiger partial charge in [-0.15, -0.1) is 0 Å². The standard InChI is InChI=1S/C12H26O/c1-4-7-8-10-11(6-3)12(13)9-5-2/h11-13H,4-10H2,1-3H3. The fourth-order valence-electron chi connectivity index (χ4n) is 1.86. The van der Waals surface area contributed by atoms with Crippen LogP contribution in [0, 0.1) is 5.92 Å². The van der Waals surface area contributed by atoms with E-state index in [4.69, 9.17) is 0 Å². The zero-order valence-electron chi connectivity index (χ0n) is 9.55. The van der Waals surface area contributed by atoms with Gasteiger partial charge in [0, 0.05) is 0 Å². The second kappa shape index (κ2) is 8.55. The summed E-state index contributed by atoms with van der Waals surface area (Å²) in [5.74, 6) is 0.548. The molecule has 1 N–H and O–H groups in total. The third-order valence-corrected chi connectivity index (χ3v) is 2.83. The van der Waals surface area contributed by atoms with E-state index in [2.05, 4.69) is 20.8 Å². The van der Waals surface area contributed by atoms with Crippen molar-refractivity contribution in [1.29, 1.82) is 0 Å². The van der Waals surface area contributed by atoms with Crippen molar-refractivity contribution in [3.63, 3.8) is 0 Å². The van der Waals surface area contributed by atoms with Gasteiger partial charge in [-0.25, -0.2) is 0 Å². The molecule has 0 radical (unpaired) electrons. The SMILES string of the molecule is CCCCCC(CC)C(O)CCC. The third kappa shape index (κ3) is 6.09. The van der Waals surface area contributed by atoms with Gasteiger partial charge in [0.1, 0.15) is 0 Å². The van der Waals surface area contributed by atoms with Gasteiger partial charge in [-0.1, -0.05) is 52.9 Å². The highest BCUT2D eigenvalue weighted by atomic mass is 16.3. The van der Waals surface area contributed by atoms with Crippen LogP contribution in [0.5, 0.6) is 0 Å². The topological polar surface area (TPSA) is 20.2 Å². The smallest absolute Gasteiger partial charge is 0.0568 e. The number of aliphatic hydroxyl groups is 1. The second-order valence-electron chi connectivity index (χ2n) is 4.02. The van der Waals surface area contributed by atoms with Gasteiger partial charge in [-0.2, -0.15) is 0 Å². The van der Waals surface area contributed by atoms with Crippen LogP contribution in [0.2, 0.25) is 0 Å². The molecule has 1 heteroatoms. The largest absolute Gasteiger partial charge is 0.393 e. The molecule has 0 saturated carbocycles. The van der Waals surface area contributed by atoms with Crippen molar-refractivity contribution < 1.29 is 5.11 Å². The van der Waals surface area contributed by atoms with Crippen LogP contribution in [0.25, 0.3) is 0 Å². The quantitative estimate of drug-likeness (QED) is 0.572. The van der Waals surface area contributed by atoms with E-state index >= 15 is 0 Å². The molecule has 0 aliphatic heterocycles. The van der Waals surface area contributed by atoms with Crippen molar-refractivity contribution in [3.05, 3.63) is 0 Å². The molecule has 0 heterocycles. The Morgan fingerprint density at radius 2 is 1.62 bits per heavy atom. The highest BCUT2D eigenvalue weighted by Crippen LogP contribution is 2.20. The van der Waals surface area contributed by atoms with Gasteiger partial charge in [0.2, 0.25) is 0 Å². The summed E-state index contributed by atoms with van der Waals surface area (Å²) in [6.07, 6.45) is 8.25. The Morgan fingerprint density at radius 3 is 2.08 bits per heavy atom. The van der Waals surface area contributed by atoms with Gasteiger partial charge in [-0.3, -0.25) is 0 Å². The molecule has 13 heavy (non-hydrogen) atoms. The average Bonchev–Trinajstić information content (AvgIpc) is 2.13. The van der Waals surface area contributed by atoms with Crippen LogP contribution < -0.4 is 0 Å². The molecular formula is C12H26O. The van der Waals surface area contributed by atoms with Crippen LogP contribution in [0.3, 0.4) is 0 Å². The highest BCUT2D eigenvalue weighted by molar-refractivity contribution is 4.67. The van der Waals surface area contributed by atoms with Gasteiger partial charge in [0.15, 0.2) is 0 Å². The summed E-state index contributed by atoms with van der Waals surface area (Å²) in [6.45, 7) is 6.56. The van der Waals surface area contributed by atoms with E-state index in [0.717, 1.165) is 19.3 Å². The Hall–Kier alpha value is -0.0400. The first-order valence-electron chi connectivity index (χ1n) is 5.94. The predicted molar refractivity (Wildman–Crippen MR) is 58.8 cm³/mol. The lowest BCUT2D eigenvalue weighted by atomic mass is 9.91. The normalized spacial score (nSPS) is 15.7. The molecule has 80 valence electrons. The Morgan fingerprint density at radius 1 is 0.923 bits per heavy atom. The second-order valence-corrected chi connectivity index (χ2v) is 4.02. The molecule has 0 fully saturated rings. The average molecular weight is 186 g/mol. The monoisotopic (exact) mass is 186 g/mol. The van der Waals surface area contributed by atoms with Gasteiger partial charge in [0.05, 0.1) is 6.10 Å². The lowest BCUT2D eigenvalue weighted by Crippen LogP contribution is -2.19. The first kappa shape index (κ1) is 13.0. The Bertz CT molecular complexity index is 101. The third-order valence-electron chi connectivity index (χ3n) is 2.83. The van der Waals surface area contributed by atoms with E-state index in [1.807, 2.05) is 0 Å². The van der Waals surface area contributed by atoms with Gasteiger partial charge < -0.3 is 5.11 Å². The van der Waals surface area contributed by atoms with Crippen molar-refractivity contribution >= 4 is 0 Å². The van der Waals surface area contributed by atoms with Crippen molar-refractivity contribution in [3.8, 4) is 0 Å². The summed E-state index contributed by atoms with van der Waals surface area (Å²) in [6, 6.07) is 0. The zero-order valence-corrected chi connectivity index (χ0v) is 9.55. The van der Waals surface area contributed by atoms with E-state index in [1.54, 1.807) is 0 Å². The molecule has 0 bridgehead atoms. The molecular weight excluding hydrogens is 160 g/mol. The molecule has 0 saturated heterocycles. The fraction of sp³-hybridized carbons (Fsp3) is 1.00. The summed E-state index contributed by atoms with van der Waals surface area (Å²) >= 11 is 0. The summed E-state index contributed by atoms with van der Waals surface area (Å²) < 4.78 is 0. The molecule has 0 spiro atoms. The van der Waals surface area contributed by atoms with E-state index in [9.17, 15) is 5.11 Å². The van der Waals surface area contributed by atoms with Crippen LogP contribution in [0.1, 0.15) is 65.7 Å². The van der Waals surface area contributed by atoms with Gasteiger partial charge >= 0.3 is 0 Å². The van der Waals surface area contributed by atoms with Crippen LogP contribution in [-0.4, -0.2) is 11.2 Å². The maximum atomic E-state index is 9.81. The number of hydrogen-bond acceptors (Lipinski definition) is 1. The van der Waals surface area contributed by atoms with E-state index in [1.165, 1.54) is 25.7 Å². The number of hydrogen-bond donors (Lipinski definition) is 1. The summed E-state index contributed by atoms with van der Waals surface area (Å²) in [7, 11) is 0.